The van der Waals surface area contributed by atoms with Gasteiger partial charge < -0.3 is 14.5 Å². The van der Waals surface area contributed by atoms with Crippen LogP contribution in [-0.2, 0) is 9.53 Å². The van der Waals surface area contributed by atoms with E-state index in [0.717, 1.165) is 49.3 Å². The molecule has 1 aromatic heterocycles. The minimum Gasteiger partial charge on any atom is -0.365 e. The van der Waals surface area contributed by atoms with Crippen molar-refractivity contribution in [2.75, 3.05) is 37.7 Å². The Kier molecular flexibility index (Phi) is 4.30. The van der Waals surface area contributed by atoms with Gasteiger partial charge in [-0.1, -0.05) is 12.1 Å². The predicted octanol–water partition coefficient (Wildman–Crippen LogP) is 1.85. The van der Waals surface area contributed by atoms with Gasteiger partial charge in [0.2, 0.25) is 0 Å². The van der Waals surface area contributed by atoms with Crippen LogP contribution in [0.25, 0.3) is 11.0 Å². The van der Waals surface area contributed by atoms with Crippen LogP contribution in [0.15, 0.2) is 30.5 Å². The quantitative estimate of drug-likeness (QED) is 0.843. The van der Waals surface area contributed by atoms with Gasteiger partial charge in [-0.2, -0.15) is 0 Å². The SMILES string of the molecule is O=C(C1CN(c2cnc3ccccc3n2)CCO1)N1CCCCC1. The third kappa shape index (κ3) is 3.06. The summed E-state index contributed by atoms with van der Waals surface area (Å²) in [5.74, 6) is 0.932. The highest BCUT2D eigenvalue weighted by molar-refractivity contribution is 5.82. The van der Waals surface area contributed by atoms with Crippen LogP contribution >= 0.6 is 0 Å². The number of morpholine rings is 1. The van der Waals surface area contributed by atoms with Crippen molar-refractivity contribution in [3.05, 3.63) is 30.5 Å². The number of hydrogen-bond donors (Lipinski definition) is 0. The fourth-order valence-electron chi connectivity index (χ4n) is 3.42. The second kappa shape index (κ2) is 6.73. The van der Waals surface area contributed by atoms with E-state index >= 15 is 0 Å². The van der Waals surface area contributed by atoms with Gasteiger partial charge in [0, 0.05) is 19.6 Å². The number of nitrogens with zero attached hydrogens (tertiary/aromatic N) is 4. The average Bonchev–Trinajstić information content (AvgIpc) is 2.68. The number of piperidine rings is 1. The minimum absolute atomic E-state index is 0.119. The van der Waals surface area contributed by atoms with Crippen molar-refractivity contribution in [2.45, 2.75) is 25.4 Å². The first-order valence-corrected chi connectivity index (χ1v) is 8.68. The van der Waals surface area contributed by atoms with Gasteiger partial charge in [0.05, 0.1) is 30.4 Å². The molecule has 3 heterocycles. The summed E-state index contributed by atoms with van der Waals surface area (Å²) in [6, 6.07) is 7.83. The zero-order valence-corrected chi connectivity index (χ0v) is 13.7. The van der Waals surface area contributed by atoms with E-state index < -0.39 is 6.10 Å². The van der Waals surface area contributed by atoms with Crippen molar-refractivity contribution in [3.8, 4) is 0 Å². The van der Waals surface area contributed by atoms with E-state index in [-0.39, 0.29) is 5.91 Å². The molecule has 126 valence electrons. The number of benzene rings is 1. The molecule has 24 heavy (non-hydrogen) atoms. The number of rotatable bonds is 2. The number of carbonyl (C=O) groups is 1. The number of aromatic nitrogens is 2. The fraction of sp³-hybridized carbons (Fsp3) is 0.500. The number of amides is 1. The third-order valence-electron chi connectivity index (χ3n) is 4.77. The van der Waals surface area contributed by atoms with Crippen LogP contribution in [0.2, 0.25) is 0 Å². The lowest BCUT2D eigenvalue weighted by Gasteiger charge is -2.36. The third-order valence-corrected chi connectivity index (χ3v) is 4.77. The second-order valence-electron chi connectivity index (χ2n) is 6.41. The number of para-hydroxylation sites is 2. The highest BCUT2D eigenvalue weighted by Crippen LogP contribution is 2.20. The summed E-state index contributed by atoms with van der Waals surface area (Å²) in [7, 11) is 0. The summed E-state index contributed by atoms with van der Waals surface area (Å²) in [5.41, 5.74) is 1.76. The molecule has 1 unspecified atom stereocenters. The maximum absolute atomic E-state index is 12.7. The fourth-order valence-corrected chi connectivity index (χ4v) is 3.42. The van der Waals surface area contributed by atoms with E-state index in [1.165, 1.54) is 6.42 Å². The molecule has 6 nitrogen and oxygen atoms in total. The summed E-state index contributed by atoms with van der Waals surface area (Å²) >= 11 is 0. The zero-order chi connectivity index (χ0) is 16.4. The summed E-state index contributed by atoms with van der Waals surface area (Å²) in [4.78, 5) is 25.9. The summed E-state index contributed by atoms with van der Waals surface area (Å²) < 4.78 is 5.75. The van der Waals surface area contributed by atoms with Gasteiger partial charge in [0.15, 0.2) is 6.10 Å². The minimum atomic E-state index is -0.398. The Morgan fingerprint density at radius 1 is 1.08 bits per heavy atom. The first-order valence-electron chi connectivity index (χ1n) is 8.68. The molecule has 1 aromatic carbocycles. The first-order chi connectivity index (χ1) is 11.8. The molecule has 0 spiro atoms. The molecule has 2 aliphatic heterocycles. The molecule has 2 aromatic rings. The van der Waals surface area contributed by atoms with E-state index in [4.69, 9.17) is 4.74 Å². The van der Waals surface area contributed by atoms with Crippen LogP contribution < -0.4 is 4.90 Å². The number of anilines is 1. The van der Waals surface area contributed by atoms with Crippen molar-refractivity contribution < 1.29 is 9.53 Å². The maximum Gasteiger partial charge on any atom is 0.253 e. The van der Waals surface area contributed by atoms with Crippen LogP contribution in [0.3, 0.4) is 0 Å². The van der Waals surface area contributed by atoms with Crippen LogP contribution in [0.1, 0.15) is 19.3 Å². The van der Waals surface area contributed by atoms with E-state index in [0.29, 0.717) is 13.2 Å². The van der Waals surface area contributed by atoms with E-state index in [2.05, 4.69) is 14.9 Å². The summed E-state index contributed by atoms with van der Waals surface area (Å²) in [5, 5.41) is 0. The number of carbonyl (C=O) groups excluding carboxylic acids is 1. The van der Waals surface area contributed by atoms with Crippen molar-refractivity contribution in [3.63, 3.8) is 0 Å². The Morgan fingerprint density at radius 3 is 2.71 bits per heavy atom. The van der Waals surface area contributed by atoms with Crippen molar-refractivity contribution in [1.29, 1.82) is 0 Å². The molecule has 0 saturated carbocycles. The van der Waals surface area contributed by atoms with E-state index in [1.807, 2.05) is 29.2 Å². The lowest BCUT2D eigenvalue weighted by atomic mass is 10.1. The van der Waals surface area contributed by atoms with Gasteiger partial charge in [0.25, 0.3) is 5.91 Å². The van der Waals surface area contributed by atoms with Crippen molar-refractivity contribution >= 4 is 22.8 Å². The monoisotopic (exact) mass is 326 g/mol. The van der Waals surface area contributed by atoms with Gasteiger partial charge >= 0.3 is 0 Å². The number of ether oxygens (including phenoxy) is 1. The molecule has 0 radical (unpaired) electrons. The summed E-state index contributed by atoms with van der Waals surface area (Å²) in [6.07, 6.45) is 4.80. The van der Waals surface area contributed by atoms with E-state index in [9.17, 15) is 4.79 Å². The van der Waals surface area contributed by atoms with E-state index in [1.54, 1.807) is 6.20 Å². The molecular formula is C18H22N4O2. The highest BCUT2D eigenvalue weighted by atomic mass is 16.5. The van der Waals surface area contributed by atoms with Crippen molar-refractivity contribution in [1.82, 2.24) is 14.9 Å². The number of likely N-dealkylation sites (tertiary alicyclic amines) is 1. The molecule has 2 fully saturated rings. The normalized spacial score (nSPS) is 21.9. The van der Waals surface area contributed by atoms with Crippen LogP contribution in [0.4, 0.5) is 5.82 Å². The Bertz CT molecular complexity index is 730. The Hall–Kier alpha value is -2.21. The lowest BCUT2D eigenvalue weighted by molar-refractivity contribution is -0.145. The first kappa shape index (κ1) is 15.3. The molecule has 2 aliphatic rings. The largest absolute Gasteiger partial charge is 0.365 e. The Labute approximate surface area is 141 Å². The van der Waals surface area contributed by atoms with Gasteiger partial charge in [-0.15, -0.1) is 0 Å². The smallest absolute Gasteiger partial charge is 0.253 e. The van der Waals surface area contributed by atoms with Gasteiger partial charge in [-0.25, -0.2) is 4.98 Å². The zero-order valence-electron chi connectivity index (χ0n) is 13.7. The van der Waals surface area contributed by atoms with Gasteiger partial charge in [-0.05, 0) is 31.4 Å². The van der Waals surface area contributed by atoms with Gasteiger partial charge in [-0.3, -0.25) is 9.78 Å². The highest BCUT2D eigenvalue weighted by Gasteiger charge is 2.31. The molecule has 0 aliphatic carbocycles. The molecule has 0 bridgehead atoms. The predicted molar refractivity (Wildman–Crippen MR) is 91.9 cm³/mol. The summed E-state index contributed by atoms with van der Waals surface area (Å²) in [6.45, 7) is 3.53. The topological polar surface area (TPSA) is 58.6 Å². The van der Waals surface area contributed by atoms with Crippen LogP contribution in [-0.4, -0.2) is 59.7 Å². The number of fused-ring (bicyclic) bond motifs is 1. The standard InChI is InChI=1S/C18H22N4O2/c23-18(21-8-4-1-5-9-21)16-13-22(10-11-24-16)17-12-19-14-6-2-3-7-15(14)20-17/h2-3,6-7,12,16H,1,4-5,8-11,13H2. The van der Waals surface area contributed by atoms with Crippen LogP contribution in [0, 0.1) is 0 Å². The molecule has 1 atom stereocenters. The Balaban J connectivity index is 1.50. The lowest BCUT2D eigenvalue weighted by Crippen LogP contribution is -2.52. The molecule has 1 amide bonds. The number of hydrogen-bond acceptors (Lipinski definition) is 5. The van der Waals surface area contributed by atoms with Crippen molar-refractivity contribution in [2.24, 2.45) is 0 Å². The molecule has 4 rings (SSSR count). The molecule has 0 N–H and O–H groups in total. The van der Waals surface area contributed by atoms with Gasteiger partial charge in [0.1, 0.15) is 5.82 Å². The molecular weight excluding hydrogens is 304 g/mol. The average molecular weight is 326 g/mol. The second-order valence-corrected chi connectivity index (χ2v) is 6.41. The molecule has 2 saturated heterocycles. The molecule has 6 heteroatoms. The Morgan fingerprint density at radius 2 is 1.88 bits per heavy atom. The van der Waals surface area contributed by atoms with Crippen LogP contribution in [0.5, 0.6) is 0 Å². The maximum atomic E-state index is 12.7.